The number of carbonyl (C=O) groups is 2. The van der Waals surface area contributed by atoms with Crippen molar-refractivity contribution in [2.45, 2.75) is 13.8 Å². The van der Waals surface area contributed by atoms with Crippen LogP contribution >= 0.6 is 11.3 Å². The number of anilines is 2. The van der Waals surface area contributed by atoms with Crippen molar-refractivity contribution in [3.05, 3.63) is 10.4 Å². The van der Waals surface area contributed by atoms with E-state index in [0.29, 0.717) is 16.4 Å². The summed E-state index contributed by atoms with van der Waals surface area (Å²) in [6, 6.07) is 0. The number of likely N-dealkylation sites (N-methyl/N-ethyl adjacent to an activating group) is 1. The Morgan fingerprint density at radius 1 is 1.29 bits per heavy atom. The maximum atomic E-state index is 11.7. The van der Waals surface area contributed by atoms with Crippen molar-refractivity contribution < 1.29 is 9.59 Å². The number of thiophene rings is 1. The fourth-order valence-corrected chi connectivity index (χ4v) is 3.06. The molecule has 0 aliphatic heterocycles. The molecule has 0 aliphatic carbocycles. The monoisotopic (exact) mass is 313 g/mol. The molecule has 21 heavy (non-hydrogen) atoms. The molecule has 1 aromatic heterocycles. The first-order valence-corrected chi connectivity index (χ1v) is 7.68. The third-order valence-electron chi connectivity index (χ3n) is 3.23. The molecule has 0 radical (unpaired) electrons. The molecule has 0 saturated heterocycles. The molecule has 0 aliphatic rings. The van der Waals surface area contributed by atoms with Crippen LogP contribution in [-0.2, 0) is 0 Å². The van der Waals surface area contributed by atoms with Crippen molar-refractivity contribution in [2.24, 2.45) is 5.73 Å². The van der Waals surface area contributed by atoms with E-state index < -0.39 is 5.91 Å². The second-order valence-electron chi connectivity index (χ2n) is 4.45. The molecule has 6 N–H and O–H groups in total. The van der Waals surface area contributed by atoms with Gasteiger partial charge in [-0.3, -0.25) is 9.59 Å². The number of nitrogens with one attached hydrogen (secondary N) is 2. The minimum absolute atomic E-state index is 0.136. The lowest BCUT2D eigenvalue weighted by Crippen LogP contribution is -2.28. The molecule has 1 aromatic rings. The Morgan fingerprint density at radius 2 is 1.90 bits per heavy atom. The molecule has 1 rings (SSSR count). The number of hydrogen-bond donors (Lipinski definition) is 4. The summed E-state index contributed by atoms with van der Waals surface area (Å²) in [5.74, 6) is -0.957. The van der Waals surface area contributed by atoms with E-state index in [-0.39, 0.29) is 17.2 Å². The highest BCUT2D eigenvalue weighted by atomic mass is 32.1. The van der Waals surface area contributed by atoms with E-state index in [1.807, 2.05) is 0 Å². The first kappa shape index (κ1) is 17.3. The molecular formula is C13H23N5O2S. The minimum atomic E-state index is -0.635. The number of nitrogens with two attached hydrogens (primary N) is 2. The van der Waals surface area contributed by atoms with Crippen molar-refractivity contribution in [3.63, 3.8) is 0 Å². The van der Waals surface area contributed by atoms with Gasteiger partial charge in [0.1, 0.15) is 9.88 Å². The number of primary amides is 1. The quantitative estimate of drug-likeness (QED) is 0.559. The van der Waals surface area contributed by atoms with E-state index in [9.17, 15) is 9.59 Å². The Labute approximate surface area is 128 Å². The van der Waals surface area contributed by atoms with E-state index in [0.717, 1.165) is 31.0 Å². The van der Waals surface area contributed by atoms with Gasteiger partial charge in [-0.05, 0) is 13.1 Å². The predicted molar refractivity (Wildman–Crippen MR) is 86.9 cm³/mol. The molecule has 8 heteroatoms. The van der Waals surface area contributed by atoms with Gasteiger partial charge in [-0.25, -0.2) is 0 Å². The van der Waals surface area contributed by atoms with Crippen LogP contribution < -0.4 is 22.1 Å². The average molecular weight is 313 g/mol. The zero-order valence-electron chi connectivity index (χ0n) is 12.7. The second kappa shape index (κ2) is 7.84. The Kier molecular flexibility index (Phi) is 6.44. The number of nitrogen functional groups attached to an aromatic ring is 1. The van der Waals surface area contributed by atoms with Crippen molar-refractivity contribution in [2.75, 3.05) is 44.3 Å². The predicted octanol–water partition coefficient (Wildman–Crippen LogP) is 0.543. The standard InChI is InChI=1S/C13H23N5O2S/c1-4-18(5-2)7-6-17-13-8(11(15)19)9(14)10(21-13)12(20)16-3/h17H,4-7,14H2,1-3H3,(H2,15,19)(H,16,20). The fourth-order valence-electron chi connectivity index (χ4n) is 1.96. The molecule has 1 heterocycles. The lowest BCUT2D eigenvalue weighted by molar-refractivity contribution is 0.0967. The molecular weight excluding hydrogens is 290 g/mol. The van der Waals surface area contributed by atoms with Crippen LogP contribution in [0.5, 0.6) is 0 Å². The van der Waals surface area contributed by atoms with Crippen LogP contribution in [0.3, 0.4) is 0 Å². The van der Waals surface area contributed by atoms with Gasteiger partial charge >= 0.3 is 0 Å². The molecule has 0 bridgehead atoms. The van der Waals surface area contributed by atoms with Gasteiger partial charge in [0.25, 0.3) is 11.8 Å². The van der Waals surface area contributed by atoms with E-state index in [4.69, 9.17) is 11.5 Å². The summed E-state index contributed by atoms with van der Waals surface area (Å²) in [7, 11) is 1.51. The lowest BCUT2D eigenvalue weighted by atomic mass is 10.2. The Morgan fingerprint density at radius 3 is 2.38 bits per heavy atom. The zero-order chi connectivity index (χ0) is 16.0. The SMILES string of the molecule is CCN(CC)CCNc1sc(C(=O)NC)c(N)c1C(N)=O. The van der Waals surface area contributed by atoms with E-state index in [1.165, 1.54) is 7.05 Å². The smallest absolute Gasteiger partial charge is 0.263 e. The van der Waals surface area contributed by atoms with Crippen LogP contribution in [-0.4, -0.2) is 49.9 Å². The van der Waals surface area contributed by atoms with Gasteiger partial charge in [-0.1, -0.05) is 13.8 Å². The maximum Gasteiger partial charge on any atom is 0.263 e. The zero-order valence-corrected chi connectivity index (χ0v) is 13.5. The summed E-state index contributed by atoms with van der Waals surface area (Å²) in [6.45, 7) is 7.57. The summed E-state index contributed by atoms with van der Waals surface area (Å²) in [5.41, 5.74) is 11.6. The van der Waals surface area contributed by atoms with E-state index in [2.05, 4.69) is 29.4 Å². The first-order chi connectivity index (χ1) is 9.96. The number of hydrogen-bond acceptors (Lipinski definition) is 6. The fraction of sp³-hybridized carbons (Fsp3) is 0.538. The Hall–Kier alpha value is -1.80. The first-order valence-electron chi connectivity index (χ1n) is 6.86. The number of carbonyl (C=O) groups excluding carboxylic acids is 2. The summed E-state index contributed by atoms with van der Waals surface area (Å²) >= 11 is 1.15. The molecule has 0 unspecified atom stereocenters. The number of rotatable bonds is 8. The van der Waals surface area contributed by atoms with Gasteiger partial charge in [0, 0.05) is 20.1 Å². The maximum absolute atomic E-state index is 11.7. The van der Waals surface area contributed by atoms with Gasteiger partial charge in [-0.15, -0.1) is 11.3 Å². The van der Waals surface area contributed by atoms with Gasteiger partial charge < -0.3 is 27.0 Å². The average Bonchev–Trinajstić information content (AvgIpc) is 2.79. The number of amides is 2. The van der Waals surface area contributed by atoms with Gasteiger partial charge in [0.15, 0.2) is 0 Å². The van der Waals surface area contributed by atoms with Crippen molar-refractivity contribution in [1.29, 1.82) is 0 Å². The highest BCUT2D eigenvalue weighted by Gasteiger charge is 2.23. The highest BCUT2D eigenvalue weighted by Crippen LogP contribution is 2.35. The summed E-state index contributed by atoms with van der Waals surface area (Å²) in [6.07, 6.45) is 0. The Bertz CT molecular complexity index is 511. The third kappa shape index (κ3) is 4.08. The van der Waals surface area contributed by atoms with Crippen LogP contribution in [0.15, 0.2) is 0 Å². The van der Waals surface area contributed by atoms with Crippen molar-refractivity contribution in [1.82, 2.24) is 10.2 Å². The molecule has 2 amide bonds. The van der Waals surface area contributed by atoms with Crippen LogP contribution in [0.1, 0.15) is 33.9 Å². The molecule has 0 saturated carbocycles. The van der Waals surface area contributed by atoms with Crippen LogP contribution in [0.4, 0.5) is 10.7 Å². The summed E-state index contributed by atoms with van der Waals surface area (Å²) in [5, 5.41) is 6.19. The summed E-state index contributed by atoms with van der Waals surface area (Å²) in [4.78, 5) is 25.8. The second-order valence-corrected chi connectivity index (χ2v) is 5.47. The normalized spacial score (nSPS) is 10.7. The van der Waals surface area contributed by atoms with Gasteiger partial charge in [0.05, 0.1) is 11.3 Å². The molecule has 0 fully saturated rings. The third-order valence-corrected chi connectivity index (χ3v) is 4.39. The lowest BCUT2D eigenvalue weighted by Gasteiger charge is -2.18. The summed E-state index contributed by atoms with van der Waals surface area (Å²) < 4.78 is 0. The minimum Gasteiger partial charge on any atom is -0.397 e. The van der Waals surface area contributed by atoms with Gasteiger partial charge in [0.2, 0.25) is 0 Å². The molecule has 118 valence electrons. The van der Waals surface area contributed by atoms with Crippen LogP contribution in [0, 0.1) is 0 Å². The molecule has 0 spiro atoms. The van der Waals surface area contributed by atoms with E-state index >= 15 is 0 Å². The molecule has 0 aromatic carbocycles. The van der Waals surface area contributed by atoms with Gasteiger partial charge in [-0.2, -0.15) is 0 Å². The molecule has 7 nitrogen and oxygen atoms in total. The Balaban J connectivity index is 2.90. The van der Waals surface area contributed by atoms with Crippen molar-refractivity contribution in [3.8, 4) is 0 Å². The number of nitrogens with zero attached hydrogens (tertiary/aromatic N) is 1. The van der Waals surface area contributed by atoms with Crippen LogP contribution in [0.2, 0.25) is 0 Å². The topological polar surface area (TPSA) is 113 Å². The van der Waals surface area contributed by atoms with Crippen molar-refractivity contribution >= 4 is 33.8 Å². The highest BCUT2D eigenvalue weighted by molar-refractivity contribution is 7.19. The largest absolute Gasteiger partial charge is 0.397 e. The molecule has 0 atom stereocenters. The van der Waals surface area contributed by atoms with Crippen LogP contribution in [0.25, 0.3) is 0 Å². The van der Waals surface area contributed by atoms with E-state index in [1.54, 1.807) is 0 Å².